The predicted molar refractivity (Wildman–Crippen MR) is 360 cm³/mol. The third kappa shape index (κ3) is 20.2. The quantitative estimate of drug-likeness (QED) is 0.0730. The van der Waals surface area contributed by atoms with Crippen molar-refractivity contribution in [1.82, 2.24) is 41.2 Å². The Morgan fingerprint density at radius 1 is 0.447 bits per heavy atom. The Balaban J connectivity index is 0.000000136. The number of hydrogen-bond acceptors (Lipinski definition) is 16. The first-order chi connectivity index (χ1) is 41.7. The largest absolute Gasteiger partial charge is 0.358 e. The normalized spacial score (nSPS) is 15.5. The average Bonchev–Trinajstić information content (AvgIpc) is 4.55. The molecule has 4 N–H and O–H groups in total. The van der Waals surface area contributed by atoms with Gasteiger partial charge in [-0.1, -0.05) is 173 Å². The van der Waals surface area contributed by atoms with E-state index in [1.807, 2.05) is 66.5 Å². The van der Waals surface area contributed by atoms with Gasteiger partial charge in [0.15, 0.2) is 20.7 Å². The molecule has 0 saturated heterocycles. The van der Waals surface area contributed by atoms with Crippen molar-refractivity contribution in [2.24, 2.45) is 20.0 Å². The standard InChI is InChI=1S/C19H22N2S.C16H15Cl2N3S.C16H16FN3S.C15H16N4S/c1-14-7-6-10-17(15(14)2)18(21-19-20-11-12-22-19)13-16-8-4-3-5-9-16;17-13-3-1-2-12(15(13)18)14(21-16-20-8-9-22-16)10-11-4-6-19-7-5-11;17-14-3-1-2-13(11-14)15(20-16-19-8-9-21-16)10-12-4-6-18-7-5-12;1-2-4-12(5-3-1)14(19-15-18-8-9-20-15)10-13-11-16-6-7-17-13/h3-10,18H,11-13H2,1-2H3,(H,20,21);1-7,14H,8-10H2,(H,20,21);1-7,11,15H,8-10H2,(H,19,20);1-7,11,14H,8-10H2,(H,18,19). The minimum Gasteiger partial charge on any atom is -0.358 e. The summed E-state index contributed by atoms with van der Waals surface area (Å²) in [6.45, 7) is 7.93. The van der Waals surface area contributed by atoms with Gasteiger partial charge < -0.3 is 21.3 Å². The summed E-state index contributed by atoms with van der Waals surface area (Å²) in [5, 5.41) is 19.3. The fourth-order valence-corrected chi connectivity index (χ4v) is 13.2. The van der Waals surface area contributed by atoms with E-state index in [1.54, 1.807) is 90.7 Å². The second-order valence-corrected chi connectivity index (χ2v) is 25.2. The molecule has 0 bridgehead atoms. The van der Waals surface area contributed by atoms with Gasteiger partial charge in [0.1, 0.15) is 5.82 Å². The third-order valence-corrected chi connectivity index (χ3v) is 18.5. The predicted octanol–water partition coefficient (Wildman–Crippen LogP) is 14.3. The number of hydrogen-bond donors (Lipinski definition) is 4. The number of aromatic nitrogens is 4. The number of nitrogens with one attached hydrogen (secondary N) is 4. The van der Waals surface area contributed by atoms with Gasteiger partial charge in [0.25, 0.3) is 0 Å². The number of thioether (sulfide) groups is 4. The second-order valence-electron chi connectivity index (χ2n) is 20.0. The zero-order valence-electron chi connectivity index (χ0n) is 47.5. The molecule has 0 fully saturated rings. The molecule has 8 aromatic rings. The summed E-state index contributed by atoms with van der Waals surface area (Å²) < 4.78 is 13.5. The number of benzene rings is 5. The van der Waals surface area contributed by atoms with Crippen LogP contribution in [0.15, 0.2) is 209 Å². The molecule has 5 aromatic carbocycles. The van der Waals surface area contributed by atoms with Crippen molar-refractivity contribution in [2.75, 3.05) is 49.2 Å². The smallest absolute Gasteiger partial charge is 0.157 e. The average molecular weight is 1250 g/mol. The maximum Gasteiger partial charge on any atom is 0.157 e. The van der Waals surface area contributed by atoms with E-state index in [9.17, 15) is 4.39 Å². The van der Waals surface area contributed by atoms with Gasteiger partial charge in [-0.25, -0.2) is 4.39 Å². The summed E-state index contributed by atoms with van der Waals surface area (Å²) >= 11 is 19.6. The number of aliphatic imine (C=N–C) groups is 4. The van der Waals surface area contributed by atoms with E-state index in [0.29, 0.717) is 10.0 Å². The van der Waals surface area contributed by atoms with Crippen molar-refractivity contribution in [2.45, 2.75) is 63.7 Å². The zero-order valence-corrected chi connectivity index (χ0v) is 52.3. The molecule has 0 spiro atoms. The molecule has 4 atom stereocenters. The van der Waals surface area contributed by atoms with E-state index in [0.717, 1.165) is 118 Å². The highest BCUT2D eigenvalue weighted by Gasteiger charge is 2.23. The molecular formula is C66H69Cl2FN12S4. The molecule has 0 amide bonds. The Morgan fingerprint density at radius 3 is 1.42 bits per heavy atom. The van der Waals surface area contributed by atoms with Gasteiger partial charge in [-0.2, -0.15) is 0 Å². The van der Waals surface area contributed by atoms with E-state index in [2.05, 4.69) is 148 Å². The van der Waals surface area contributed by atoms with Crippen molar-refractivity contribution in [1.29, 1.82) is 0 Å². The summed E-state index contributed by atoms with van der Waals surface area (Å²) in [6, 6.07) is 48.6. The lowest BCUT2D eigenvalue weighted by molar-refractivity contribution is 0.606. The molecule has 0 aliphatic carbocycles. The molecule has 85 heavy (non-hydrogen) atoms. The van der Waals surface area contributed by atoms with Gasteiger partial charge in [0.05, 0.1) is 66.1 Å². The van der Waals surface area contributed by atoms with Crippen LogP contribution in [0, 0.1) is 19.7 Å². The fourth-order valence-electron chi connectivity index (χ4n) is 9.62. The SMILES string of the molecule is Cc1cccc(C(Cc2ccccc2)NC2=NCCS2)c1C.Clc1cccc(C(Cc2ccncc2)NC2=NCCS2)c1Cl.Fc1cccc(C(Cc2ccncc2)NC2=NCCS2)c1.c1ccc(C(Cc2cnccn2)NC2=NCCS2)cc1. The zero-order chi connectivity index (χ0) is 58.8. The monoisotopic (exact) mass is 1250 g/mol. The molecule has 7 heterocycles. The molecule has 4 aliphatic rings. The molecule has 0 saturated carbocycles. The van der Waals surface area contributed by atoms with Crippen LogP contribution in [0.3, 0.4) is 0 Å². The van der Waals surface area contributed by atoms with Gasteiger partial charge in [-0.3, -0.25) is 39.9 Å². The van der Waals surface area contributed by atoms with E-state index < -0.39 is 0 Å². The van der Waals surface area contributed by atoms with Crippen LogP contribution in [0.1, 0.15) is 79.9 Å². The summed E-state index contributed by atoms with van der Waals surface area (Å²) in [5.41, 5.74) is 11.9. The van der Waals surface area contributed by atoms with Crippen LogP contribution < -0.4 is 21.3 Å². The lowest BCUT2D eigenvalue weighted by Crippen LogP contribution is -2.27. The Hall–Kier alpha value is -6.73. The highest BCUT2D eigenvalue weighted by molar-refractivity contribution is 8.14. The number of amidine groups is 4. The maximum atomic E-state index is 13.5. The van der Waals surface area contributed by atoms with Crippen LogP contribution >= 0.6 is 70.2 Å². The summed E-state index contributed by atoms with van der Waals surface area (Å²) in [6.07, 6.45) is 15.8. The number of halogens is 3. The van der Waals surface area contributed by atoms with Crippen molar-refractivity contribution in [3.63, 3.8) is 0 Å². The molecule has 12 nitrogen and oxygen atoms in total. The van der Waals surface area contributed by atoms with Gasteiger partial charge >= 0.3 is 0 Å². The van der Waals surface area contributed by atoms with Crippen molar-refractivity contribution in [3.05, 3.63) is 261 Å². The first-order valence-corrected chi connectivity index (χ1v) is 33.0. The summed E-state index contributed by atoms with van der Waals surface area (Å²) in [4.78, 5) is 34.5. The molecule has 4 unspecified atom stereocenters. The molecule has 12 rings (SSSR count). The number of pyridine rings is 2. The van der Waals surface area contributed by atoms with Crippen molar-refractivity contribution in [3.8, 4) is 0 Å². The lowest BCUT2D eigenvalue weighted by Gasteiger charge is -2.23. The Morgan fingerprint density at radius 2 is 0.906 bits per heavy atom. The van der Waals surface area contributed by atoms with Crippen LogP contribution in [0.5, 0.6) is 0 Å². The molecular weight excluding hydrogens is 1180 g/mol. The van der Waals surface area contributed by atoms with Crippen LogP contribution in [0.4, 0.5) is 4.39 Å². The topological polar surface area (TPSA) is 149 Å². The molecule has 438 valence electrons. The van der Waals surface area contributed by atoms with E-state index in [4.69, 9.17) is 23.2 Å². The molecule has 3 aromatic heterocycles. The second kappa shape index (κ2) is 33.8. The van der Waals surface area contributed by atoms with Crippen LogP contribution in [-0.4, -0.2) is 89.8 Å². The summed E-state index contributed by atoms with van der Waals surface area (Å²) in [7, 11) is 0. The third-order valence-electron chi connectivity index (χ3n) is 14.1. The van der Waals surface area contributed by atoms with Gasteiger partial charge in [0, 0.05) is 72.8 Å². The number of aryl methyl sites for hydroxylation is 1. The fraction of sp³-hybridized carbons (Fsp3) is 0.273. The van der Waals surface area contributed by atoms with Crippen molar-refractivity contribution >= 4 is 90.9 Å². The Kier molecular flexibility index (Phi) is 25.0. The first kappa shape index (κ1) is 62.8. The van der Waals surface area contributed by atoms with Gasteiger partial charge in [-0.05, 0) is 126 Å². The van der Waals surface area contributed by atoms with Crippen LogP contribution in [0.25, 0.3) is 0 Å². The molecule has 19 heteroatoms. The number of rotatable bonds is 16. The van der Waals surface area contributed by atoms with Crippen LogP contribution in [0.2, 0.25) is 10.0 Å². The summed E-state index contributed by atoms with van der Waals surface area (Å²) in [5.74, 6) is 3.97. The van der Waals surface area contributed by atoms with Crippen LogP contribution in [-0.2, 0) is 25.7 Å². The molecule has 0 radical (unpaired) electrons. The minimum atomic E-state index is -0.213. The highest BCUT2D eigenvalue weighted by atomic mass is 35.5. The number of nitrogens with zero attached hydrogens (tertiary/aromatic N) is 8. The van der Waals surface area contributed by atoms with Gasteiger partial charge in [0.2, 0.25) is 0 Å². The Bertz CT molecular complexity index is 3350. The minimum absolute atomic E-state index is 0.00690. The van der Waals surface area contributed by atoms with Crippen molar-refractivity contribution < 1.29 is 4.39 Å². The highest BCUT2D eigenvalue weighted by Crippen LogP contribution is 2.33. The lowest BCUT2D eigenvalue weighted by atomic mass is 9.93. The van der Waals surface area contributed by atoms with E-state index in [-0.39, 0.29) is 30.0 Å². The maximum absolute atomic E-state index is 13.5. The van der Waals surface area contributed by atoms with Gasteiger partial charge in [-0.15, -0.1) is 0 Å². The first-order valence-electron chi connectivity index (χ1n) is 28.3. The Labute approximate surface area is 526 Å². The molecule has 4 aliphatic heterocycles. The van der Waals surface area contributed by atoms with E-state index in [1.165, 1.54) is 39.4 Å². The van der Waals surface area contributed by atoms with E-state index >= 15 is 0 Å².